The van der Waals surface area contributed by atoms with E-state index < -0.39 is 6.04 Å². The van der Waals surface area contributed by atoms with Crippen LogP contribution in [0, 0.1) is 11.7 Å². The van der Waals surface area contributed by atoms with Gasteiger partial charge in [-0.05, 0) is 43.9 Å². The zero-order chi connectivity index (χ0) is 22.7. The lowest BCUT2D eigenvalue weighted by atomic mass is 9.93. The number of esters is 1. The summed E-state index contributed by atoms with van der Waals surface area (Å²) < 4.78 is 21.3. The van der Waals surface area contributed by atoms with Gasteiger partial charge in [0.05, 0.1) is 24.7 Å². The number of nitrogens with zero attached hydrogens (tertiary/aromatic N) is 3. The molecule has 1 saturated heterocycles. The van der Waals surface area contributed by atoms with Crippen LogP contribution >= 0.6 is 12.6 Å². The van der Waals surface area contributed by atoms with E-state index >= 15 is 0 Å². The Morgan fingerprint density at radius 1 is 1.31 bits per heavy atom. The number of hydrogen-bond donors (Lipinski definition) is 1. The molecule has 1 aliphatic heterocycles. The van der Waals surface area contributed by atoms with E-state index in [1.165, 1.54) is 6.07 Å². The maximum atomic E-state index is 14.7. The van der Waals surface area contributed by atoms with Crippen LogP contribution in [0.25, 0.3) is 6.08 Å². The van der Waals surface area contributed by atoms with E-state index in [4.69, 9.17) is 17.4 Å². The molecule has 2 aliphatic rings. The quantitative estimate of drug-likeness (QED) is 0.484. The van der Waals surface area contributed by atoms with Gasteiger partial charge in [-0.3, -0.25) is 14.5 Å². The van der Waals surface area contributed by atoms with Gasteiger partial charge in [-0.25, -0.2) is 9.37 Å². The normalized spacial score (nSPS) is 21.5. The maximum absolute atomic E-state index is 14.7. The fourth-order valence-electron chi connectivity index (χ4n) is 4.16. The predicted molar refractivity (Wildman–Crippen MR) is 123 cm³/mol. The molecule has 0 bridgehead atoms. The lowest BCUT2D eigenvalue weighted by Gasteiger charge is -2.37. The Labute approximate surface area is 192 Å². The third-order valence-electron chi connectivity index (χ3n) is 5.92. The number of rotatable bonds is 8. The molecular formula is C24H28FN3O3S. The fourth-order valence-corrected chi connectivity index (χ4v) is 4.43. The molecule has 4 rings (SSSR count). The number of ether oxygens (including phenoxy) is 1. The standard InChI is InChI=1S/C24H28FN3O3S/c1-2-31-22(29)14-27-13-18(26-15-27)11-17-12-28(10-9-21(17)32)23(24(30)16-7-8-16)19-5-3-4-6-20(19)25/h3-6,11,13,15-16,21,23,32H,2,7-10,12,14H2,1H3/b17-11-. The van der Waals surface area contributed by atoms with E-state index in [0.29, 0.717) is 31.0 Å². The number of ketones is 1. The monoisotopic (exact) mass is 457 g/mol. The van der Waals surface area contributed by atoms with Gasteiger partial charge in [-0.2, -0.15) is 12.6 Å². The molecule has 2 aromatic rings. The van der Waals surface area contributed by atoms with Gasteiger partial charge < -0.3 is 9.30 Å². The molecule has 0 N–H and O–H groups in total. The summed E-state index contributed by atoms with van der Waals surface area (Å²) in [6.45, 7) is 3.39. The Hall–Kier alpha value is -2.45. The van der Waals surface area contributed by atoms with Crippen molar-refractivity contribution in [2.75, 3.05) is 19.7 Å². The summed E-state index contributed by atoms with van der Waals surface area (Å²) in [5.74, 6) is -0.529. The van der Waals surface area contributed by atoms with Crippen molar-refractivity contribution in [3.63, 3.8) is 0 Å². The van der Waals surface area contributed by atoms with Crippen molar-refractivity contribution in [2.45, 2.75) is 44.0 Å². The SMILES string of the molecule is CCOC(=O)Cn1cnc(/C=C2/CN(C(C(=O)C3CC3)c3ccccc3F)CCC2S)c1. The first-order chi connectivity index (χ1) is 15.5. The minimum absolute atomic E-state index is 0.0266. The van der Waals surface area contributed by atoms with Gasteiger partial charge in [0.25, 0.3) is 0 Å². The van der Waals surface area contributed by atoms with Crippen LogP contribution < -0.4 is 0 Å². The van der Waals surface area contributed by atoms with Crippen molar-refractivity contribution in [3.05, 3.63) is 59.4 Å². The largest absolute Gasteiger partial charge is 0.465 e. The molecule has 2 atom stereocenters. The molecule has 8 heteroatoms. The Bertz CT molecular complexity index is 1020. The molecule has 170 valence electrons. The van der Waals surface area contributed by atoms with E-state index in [1.807, 2.05) is 6.08 Å². The molecule has 0 radical (unpaired) electrons. The Kier molecular flexibility index (Phi) is 7.10. The second-order valence-corrected chi connectivity index (χ2v) is 8.99. The Balaban J connectivity index is 1.55. The third kappa shape index (κ3) is 5.30. The molecule has 6 nitrogen and oxygen atoms in total. The second kappa shape index (κ2) is 10.0. The lowest BCUT2D eigenvalue weighted by Crippen LogP contribution is -2.42. The number of Topliss-reactive ketones (excluding diaryl/α,β-unsaturated/α-hetero) is 1. The molecule has 2 unspecified atom stereocenters. The van der Waals surface area contributed by atoms with Crippen molar-refractivity contribution in [3.8, 4) is 0 Å². The molecule has 0 amide bonds. The van der Waals surface area contributed by atoms with Crippen LogP contribution in [0.4, 0.5) is 4.39 Å². The number of carbonyl (C=O) groups is 2. The highest BCUT2D eigenvalue weighted by Gasteiger charge is 2.40. The summed E-state index contributed by atoms with van der Waals surface area (Å²) in [7, 11) is 0. The van der Waals surface area contributed by atoms with E-state index in [2.05, 4.69) is 9.88 Å². The molecule has 1 aromatic carbocycles. The van der Waals surface area contributed by atoms with Gasteiger partial charge >= 0.3 is 5.97 Å². The first-order valence-corrected chi connectivity index (χ1v) is 11.6. The molecule has 2 fully saturated rings. The molecule has 1 aliphatic carbocycles. The average Bonchev–Trinajstić information content (AvgIpc) is 3.53. The second-order valence-electron chi connectivity index (χ2n) is 8.37. The lowest BCUT2D eigenvalue weighted by molar-refractivity contribution is -0.143. The molecule has 0 spiro atoms. The van der Waals surface area contributed by atoms with E-state index in [0.717, 1.165) is 24.8 Å². The first-order valence-electron chi connectivity index (χ1n) is 11.0. The summed E-state index contributed by atoms with van der Waals surface area (Å²) in [6.07, 6.45) is 7.84. The molecule has 1 aromatic heterocycles. The predicted octanol–water partition coefficient (Wildman–Crippen LogP) is 3.69. The minimum Gasteiger partial charge on any atom is -0.465 e. The van der Waals surface area contributed by atoms with Gasteiger partial charge in [0.15, 0.2) is 5.78 Å². The topological polar surface area (TPSA) is 64.4 Å². The van der Waals surface area contributed by atoms with Crippen molar-refractivity contribution < 1.29 is 18.7 Å². The van der Waals surface area contributed by atoms with Gasteiger partial charge in [0.1, 0.15) is 12.4 Å². The van der Waals surface area contributed by atoms with Crippen LogP contribution in [0.3, 0.4) is 0 Å². The number of imidazole rings is 1. The fraction of sp³-hybridized carbons (Fsp3) is 0.458. The van der Waals surface area contributed by atoms with Crippen LogP contribution in [0.15, 0.2) is 42.4 Å². The van der Waals surface area contributed by atoms with Gasteiger partial charge in [-0.15, -0.1) is 0 Å². The number of carbonyl (C=O) groups excluding carboxylic acids is 2. The number of hydrogen-bond acceptors (Lipinski definition) is 6. The summed E-state index contributed by atoms with van der Waals surface area (Å²) in [4.78, 5) is 31.3. The van der Waals surface area contributed by atoms with Crippen LogP contribution in [-0.2, 0) is 20.9 Å². The van der Waals surface area contributed by atoms with Gasteiger partial charge in [0, 0.05) is 36.0 Å². The number of likely N-dealkylation sites (tertiary alicyclic amines) is 1. The molecule has 32 heavy (non-hydrogen) atoms. The van der Waals surface area contributed by atoms with Crippen molar-refractivity contribution in [1.82, 2.24) is 14.5 Å². The smallest absolute Gasteiger partial charge is 0.325 e. The highest BCUT2D eigenvalue weighted by Crippen LogP contribution is 2.39. The highest BCUT2D eigenvalue weighted by molar-refractivity contribution is 7.81. The number of halogens is 1. The van der Waals surface area contributed by atoms with E-state index in [-0.39, 0.29) is 35.3 Å². The molecule has 2 heterocycles. The van der Waals surface area contributed by atoms with Crippen LogP contribution in [0.2, 0.25) is 0 Å². The van der Waals surface area contributed by atoms with Gasteiger partial charge in [0.2, 0.25) is 0 Å². The van der Waals surface area contributed by atoms with Crippen molar-refractivity contribution in [1.29, 1.82) is 0 Å². The van der Waals surface area contributed by atoms with Gasteiger partial charge in [-0.1, -0.05) is 18.2 Å². The van der Waals surface area contributed by atoms with Crippen LogP contribution in [-0.4, -0.2) is 51.1 Å². The minimum atomic E-state index is -0.589. The Morgan fingerprint density at radius 2 is 2.09 bits per heavy atom. The summed E-state index contributed by atoms with van der Waals surface area (Å²) in [5.41, 5.74) is 2.17. The number of thiol groups is 1. The third-order valence-corrected chi connectivity index (χ3v) is 6.51. The number of aromatic nitrogens is 2. The number of piperidine rings is 1. The van der Waals surface area contributed by atoms with Crippen molar-refractivity contribution >= 4 is 30.5 Å². The summed E-state index contributed by atoms with van der Waals surface area (Å²) >= 11 is 4.74. The van der Waals surface area contributed by atoms with E-state index in [1.54, 1.807) is 42.2 Å². The van der Waals surface area contributed by atoms with Crippen LogP contribution in [0.1, 0.15) is 43.5 Å². The summed E-state index contributed by atoms with van der Waals surface area (Å²) in [6, 6.07) is 5.97. The highest BCUT2D eigenvalue weighted by atomic mass is 32.1. The zero-order valence-corrected chi connectivity index (χ0v) is 19.0. The van der Waals surface area contributed by atoms with E-state index in [9.17, 15) is 14.0 Å². The average molecular weight is 458 g/mol. The van der Waals surface area contributed by atoms with Crippen LogP contribution in [0.5, 0.6) is 0 Å². The molecule has 1 saturated carbocycles. The first kappa shape index (κ1) is 22.7. The summed E-state index contributed by atoms with van der Waals surface area (Å²) in [5, 5.41) is 0.0266. The molecular weight excluding hydrogens is 429 g/mol. The zero-order valence-electron chi connectivity index (χ0n) is 18.1. The maximum Gasteiger partial charge on any atom is 0.325 e. The van der Waals surface area contributed by atoms with Crippen molar-refractivity contribution in [2.24, 2.45) is 5.92 Å². The Morgan fingerprint density at radius 3 is 2.81 bits per heavy atom. The number of benzene rings is 1.